The molecular formula is C9H16Br2. The SMILES string of the molecule is CCCCCCC1CC1(Br)Br. The molecule has 0 aliphatic heterocycles. The molecule has 0 N–H and O–H groups in total. The highest BCUT2D eigenvalue weighted by Crippen LogP contribution is 2.58. The molecule has 1 rings (SSSR count). The van der Waals surface area contributed by atoms with E-state index in [9.17, 15) is 0 Å². The fourth-order valence-electron chi connectivity index (χ4n) is 1.40. The zero-order valence-electron chi connectivity index (χ0n) is 7.08. The molecule has 2 heteroatoms. The van der Waals surface area contributed by atoms with E-state index in [0.29, 0.717) is 3.23 Å². The molecule has 0 amide bonds. The van der Waals surface area contributed by atoms with Crippen LogP contribution in [-0.2, 0) is 0 Å². The van der Waals surface area contributed by atoms with Crippen molar-refractivity contribution in [3.63, 3.8) is 0 Å². The summed E-state index contributed by atoms with van der Waals surface area (Å²) in [6.07, 6.45) is 8.30. The summed E-state index contributed by atoms with van der Waals surface area (Å²) in [5.74, 6) is 0.902. The van der Waals surface area contributed by atoms with Gasteiger partial charge in [-0.25, -0.2) is 0 Å². The van der Waals surface area contributed by atoms with Gasteiger partial charge >= 0.3 is 0 Å². The second kappa shape index (κ2) is 4.27. The van der Waals surface area contributed by atoms with Crippen molar-refractivity contribution in [3.05, 3.63) is 0 Å². The normalized spacial score (nSPS) is 27.0. The number of unbranched alkanes of at least 4 members (excludes halogenated alkanes) is 3. The van der Waals surface area contributed by atoms with Gasteiger partial charge in [-0.05, 0) is 18.8 Å². The molecule has 0 radical (unpaired) electrons. The van der Waals surface area contributed by atoms with Crippen molar-refractivity contribution in [2.24, 2.45) is 5.92 Å². The number of rotatable bonds is 5. The van der Waals surface area contributed by atoms with E-state index in [-0.39, 0.29) is 0 Å². The molecule has 1 unspecified atom stereocenters. The molecule has 0 heterocycles. The Labute approximate surface area is 86.4 Å². The van der Waals surface area contributed by atoms with Crippen LogP contribution in [0.3, 0.4) is 0 Å². The molecule has 1 aliphatic rings. The molecule has 0 nitrogen and oxygen atoms in total. The van der Waals surface area contributed by atoms with Crippen molar-refractivity contribution in [3.8, 4) is 0 Å². The van der Waals surface area contributed by atoms with Gasteiger partial charge in [0.1, 0.15) is 0 Å². The van der Waals surface area contributed by atoms with Crippen molar-refractivity contribution in [2.45, 2.75) is 48.7 Å². The van der Waals surface area contributed by atoms with Crippen molar-refractivity contribution < 1.29 is 0 Å². The molecule has 0 saturated heterocycles. The lowest BCUT2D eigenvalue weighted by atomic mass is 10.1. The highest BCUT2D eigenvalue weighted by Gasteiger charge is 2.49. The third-order valence-electron chi connectivity index (χ3n) is 2.36. The first-order chi connectivity index (χ1) is 5.17. The molecule has 0 spiro atoms. The molecule has 0 aromatic carbocycles. The Bertz CT molecular complexity index is 121. The van der Waals surface area contributed by atoms with Gasteiger partial charge in [-0.1, -0.05) is 64.5 Å². The maximum Gasteiger partial charge on any atom is 0.0837 e. The predicted molar refractivity (Wildman–Crippen MR) is 57.5 cm³/mol. The summed E-state index contributed by atoms with van der Waals surface area (Å²) in [4.78, 5) is 0. The van der Waals surface area contributed by atoms with Crippen LogP contribution >= 0.6 is 31.9 Å². The molecule has 1 saturated carbocycles. The first-order valence-electron chi connectivity index (χ1n) is 4.54. The van der Waals surface area contributed by atoms with Gasteiger partial charge in [-0.15, -0.1) is 0 Å². The standard InChI is InChI=1S/C9H16Br2/c1-2-3-4-5-6-8-7-9(8,10)11/h8H,2-7H2,1H3. The minimum absolute atomic E-state index is 0.339. The van der Waals surface area contributed by atoms with Gasteiger partial charge in [0.25, 0.3) is 0 Å². The second-order valence-corrected chi connectivity index (χ2v) is 7.41. The Balaban J connectivity index is 1.90. The van der Waals surface area contributed by atoms with Crippen LogP contribution in [0.1, 0.15) is 45.4 Å². The zero-order chi connectivity index (χ0) is 8.32. The number of hydrogen-bond donors (Lipinski definition) is 0. The summed E-state index contributed by atoms with van der Waals surface area (Å²) >= 11 is 7.28. The summed E-state index contributed by atoms with van der Waals surface area (Å²) in [5.41, 5.74) is 0. The Hall–Kier alpha value is 0.960. The minimum Gasteiger partial charge on any atom is -0.0724 e. The Morgan fingerprint density at radius 2 is 1.91 bits per heavy atom. The van der Waals surface area contributed by atoms with Crippen molar-refractivity contribution in [1.82, 2.24) is 0 Å². The van der Waals surface area contributed by atoms with Crippen LogP contribution in [0, 0.1) is 5.92 Å². The third-order valence-corrected chi connectivity index (χ3v) is 4.30. The molecule has 1 fully saturated rings. The summed E-state index contributed by atoms with van der Waals surface area (Å²) in [7, 11) is 0. The van der Waals surface area contributed by atoms with E-state index in [1.807, 2.05) is 0 Å². The van der Waals surface area contributed by atoms with E-state index in [0.717, 1.165) is 5.92 Å². The molecule has 0 aromatic rings. The lowest BCUT2D eigenvalue weighted by molar-refractivity contribution is 0.597. The van der Waals surface area contributed by atoms with Gasteiger partial charge in [0, 0.05) is 0 Å². The highest BCUT2D eigenvalue weighted by atomic mass is 79.9. The Kier molecular flexibility index (Phi) is 3.90. The lowest BCUT2D eigenvalue weighted by Crippen LogP contribution is -1.88. The van der Waals surface area contributed by atoms with Gasteiger partial charge < -0.3 is 0 Å². The predicted octanol–water partition coefficient (Wildman–Crippen LogP) is 4.46. The molecule has 1 atom stereocenters. The van der Waals surface area contributed by atoms with Gasteiger partial charge in [0.2, 0.25) is 0 Å². The molecular weight excluding hydrogens is 268 g/mol. The number of hydrogen-bond acceptors (Lipinski definition) is 0. The Morgan fingerprint density at radius 3 is 2.36 bits per heavy atom. The molecule has 0 aromatic heterocycles. The topological polar surface area (TPSA) is 0 Å². The van der Waals surface area contributed by atoms with E-state index >= 15 is 0 Å². The first kappa shape index (κ1) is 10.0. The monoisotopic (exact) mass is 282 g/mol. The third kappa shape index (κ3) is 3.45. The fourth-order valence-corrected chi connectivity index (χ4v) is 2.64. The van der Waals surface area contributed by atoms with Crippen molar-refractivity contribution >= 4 is 31.9 Å². The quantitative estimate of drug-likeness (QED) is 0.516. The number of alkyl halides is 2. The molecule has 1 aliphatic carbocycles. The van der Waals surface area contributed by atoms with E-state index in [2.05, 4.69) is 38.8 Å². The summed E-state index contributed by atoms with van der Waals surface area (Å²) in [6, 6.07) is 0. The first-order valence-corrected chi connectivity index (χ1v) is 6.13. The van der Waals surface area contributed by atoms with Crippen LogP contribution in [0.15, 0.2) is 0 Å². The minimum atomic E-state index is 0.339. The highest BCUT2D eigenvalue weighted by molar-refractivity contribution is 9.25. The smallest absolute Gasteiger partial charge is 0.0724 e. The van der Waals surface area contributed by atoms with Crippen LogP contribution < -0.4 is 0 Å². The average Bonchev–Trinajstić information content (AvgIpc) is 2.52. The van der Waals surface area contributed by atoms with Crippen LogP contribution in [-0.4, -0.2) is 3.23 Å². The maximum absolute atomic E-state index is 3.64. The van der Waals surface area contributed by atoms with Crippen LogP contribution in [0.2, 0.25) is 0 Å². The second-order valence-electron chi connectivity index (χ2n) is 3.51. The van der Waals surface area contributed by atoms with Crippen molar-refractivity contribution in [1.29, 1.82) is 0 Å². The summed E-state index contributed by atoms with van der Waals surface area (Å²) in [6.45, 7) is 2.26. The van der Waals surface area contributed by atoms with Gasteiger partial charge in [-0.3, -0.25) is 0 Å². The van der Waals surface area contributed by atoms with Gasteiger partial charge in [0.15, 0.2) is 0 Å². The molecule has 11 heavy (non-hydrogen) atoms. The van der Waals surface area contributed by atoms with E-state index < -0.39 is 0 Å². The van der Waals surface area contributed by atoms with E-state index in [1.165, 1.54) is 38.5 Å². The number of halogens is 2. The lowest BCUT2D eigenvalue weighted by Gasteiger charge is -1.99. The van der Waals surface area contributed by atoms with E-state index in [1.54, 1.807) is 0 Å². The van der Waals surface area contributed by atoms with Crippen molar-refractivity contribution in [2.75, 3.05) is 0 Å². The maximum atomic E-state index is 3.64. The van der Waals surface area contributed by atoms with E-state index in [4.69, 9.17) is 0 Å². The average molecular weight is 284 g/mol. The molecule has 66 valence electrons. The zero-order valence-corrected chi connectivity index (χ0v) is 10.2. The van der Waals surface area contributed by atoms with Crippen LogP contribution in [0.25, 0.3) is 0 Å². The van der Waals surface area contributed by atoms with Gasteiger partial charge in [-0.2, -0.15) is 0 Å². The Morgan fingerprint density at radius 1 is 1.27 bits per heavy atom. The molecule has 0 bridgehead atoms. The van der Waals surface area contributed by atoms with Crippen LogP contribution in [0.4, 0.5) is 0 Å². The summed E-state index contributed by atoms with van der Waals surface area (Å²) < 4.78 is 0.339. The van der Waals surface area contributed by atoms with Crippen LogP contribution in [0.5, 0.6) is 0 Å². The van der Waals surface area contributed by atoms with Gasteiger partial charge in [0.05, 0.1) is 3.23 Å². The summed E-state index contributed by atoms with van der Waals surface area (Å²) in [5, 5.41) is 0. The fraction of sp³-hybridized carbons (Fsp3) is 1.00. The largest absolute Gasteiger partial charge is 0.0837 e.